The van der Waals surface area contributed by atoms with Crippen LogP contribution in [0.5, 0.6) is 5.75 Å². The Bertz CT molecular complexity index is 502. The molecule has 1 aromatic carbocycles. The topological polar surface area (TPSA) is 38.5 Å². The minimum absolute atomic E-state index is 0.286. The second-order valence-corrected chi connectivity index (χ2v) is 7.13. The van der Waals surface area contributed by atoms with Gasteiger partial charge in [0, 0.05) is 32.1 Å². The molecule has 0 aliphatic carbocycles. The van der Waals surface area contributed by atoms with Gasteiger partial charge in [-0.1, -0.05) is 31.5 Å². The van der Waals surface area contributed by atoms with E-state index in [-0.39, 0.29) is 6.10 Å². The first-order valence-corrected chi connectivity index (χ1v) is 8.27. The minimum atomic E-state index is 0.286. The van der Waals surface area contributed by atoms with Crippen molar-refractivity contribution >= 4 is 0 Å². The van der Waals surface area contributed by atoms with Gasteiger partial charge in [-0.25, -0.2) is 0 Å². The molecule has 0 radical (unpaired) electrons. The van der Waals surface area contributed by atoms with Crippen LogP contribution in [-0.4, -0.2) is 36.7 Å². The van der Waals surface area contributed by atoms with Gasteiger partial charge >= 0.3 is 0 Å². The van der Waals surface area contributed by atoms with Crippen LogP contribution in [-0.2, 0) is 6.42 Å². The molecule has 3 rings (SSSR count). The molecule has 0 amide bonds. The molecule has 2 heterocycles. The number of hydrogen-bond donors (Lipinski definition) is 1. The maximum atomic E-state index is 6.15. The molecule has 3 nitrogen and oxygen atoms in total. The first kappa shape index (κ1) is 14.9. The Morgan fingerprint density at radius 1 is 1.33 bits per heavy atom. The predicted octanol–water partition coefficient (Wildman–Crippen LogP) is 2.60. The van der Waals surface area contributed by atoms with Gasteiger partial charge in [-0.2, -0.15) is 0 Å². The van der Waals surface area contributed by atoms with E-state index in [1.54, 1.807) is 0 Å². The van der Waals surface area contributed by atoms with Gasteiger partial charge in [-0.15, -0.1) is 0 Å². The Morgan fingerprint density at radius 3 is 2.90 bits per heavy atom. The van der Waals surface area contributed by atoms with Crippen molar-refractivity contribution in [2.75, 3.05) is 19.6 Å². The van der Waals surface area contributed by atoms with Crippen LogP contribution in [0, 0.1) is 18.8 Å². The second-order valence-electron chi connectivity index (χ2n) is 7.13. The smallest absolute Gasteiger partial charge is 0.123 e. The summed E-state index contributed by atoms with van der Waals surface area (Å²) in [6.45, 7) is 9.75. The number of nitrogens with two attached hydrogens (primary N) is 1. The largest absolute Gasteiger partial charge is 0.488 e. The molecule has 0 bridgehead atoms. The molecule has 2 aliphatic heterocycles. The van der Waals surface area contributed by atoms with Crippen LogP contribution < -0.4 is 10.5 Å². The van der Waals surface area contributed by atoms with Crippen LogP contribution in [0.4, 0.5) is 0 Å². The fraction of sp³-hybridized carbons (Fsp3) is 0.667. The zero-order valence-electron chi connectivity index (χ0n) is 13.5. The summed E-state index contributed by atoms with van der Waals surface area (Å²) >= 11 is 0. The third kappa shape index (κ3) is 3.09. The Morgan fingerprint density at radius 2 is 2.14 bits per heavy atom. The Balaban J connectivity index is 1.67. The maximum absolute atomic E-state index is 6.15. The number of nitrogens with zero attached hydrogens (tertiary/aromatic N) is 1. The number of fused-ring (bicyclic) bond motifs is 1. The standard InChI is InChI=1S/C18H28N2O/c1-12-4-5-18-15(7-12)8-16(21-18)11-20-10-13(2)6-14(3)17(20)9-19/h4-5,7,13-14,16-17H,6,8-11,19H2,1-3H3. The van der Waals surface area contributed by atoms with Gasteiger partial charge in [0.1, 0.15) is 11.9 Å². The highest BCUT2D eigenvalue weighted by Gasteiger charge is 2.34. The summed E-state index contributed by atoms with van der Waals surface area (Å²) in [5.74, 6) is 2.52. The molecule has 3 heteroatoms. The van der Waals surface area contributed by atoms with Crippen LogP contribution in [0.2, 0.25) is 0 Å². The molecular weight excluding hydrogens is 260 g/mol. The van der Waals surface area contributed by atoms with Gasteiger partial charge in [0.15, 0.2) is 0 Å². The monoisotopic (exact) mass is 288 g/mol. The quantitative estimate of drug-likeness (QED) is 0.929. The average molecular weight is 288 g/mol. The fourth-order valence-electron chi connectivity index (χ4n) is 4.17. The highest BCUT2D eigenvalue weighted by Crippen LogP contribution is 2.32. The van der Waals surface area contributed by atoms with Crippen molar-refractivity contribution in [2.45, 2.75) is 45.8 Å². The van der Waals surface area contributed by atoms with Crippen molar-refractivity contribution in [2.24, 2.45) is 17.6 Å². The van der Waals surface area contributed by atoms with E-state index in [0.717, 1.165) is 37.7 Å². The lowest BCUT2D eigenvalue weighted by atomic mass is 9.85. The van der Waals surface area contributed by atoms with E-state index in [1.165, 1.54) is 17.5 Å². The summed E-state index contributed by atoms with van der Waals surface area (Å²) < 4.78 is 6.15. The summed E-state index contributed by atoms with van der Waals surface area (Å²) in [5.41, 5.74) is 8.71. The van der Waals surface area contributed by atoms with Crippen LogP contribution in [0.1, 0.15) is 31.4 Å². The minimum Gasteiger partial charge on any atom is -0.488 e. The van der Waals surface area contributed by atoms with Gasteiger partial charge in [0.05, 0.1) is 0 Å². The lowest BCUT2D eigenvalue weighted by Crippen LogP contribution is -2.53. The van der Waals surface area contributed by atoms with Gasteiger partial charge in [0.25, 0.3) is 0 Å². The number of hydrogen-bond acceptors (Lipinski definition) is 3. The summed E-state index contributed by atoms with van der Waals surface area (Å²) in [4.78, 5) is 2.57. The molecule has 1 aromatic rings. The Labute approximate surface area is 128 Å². The third-order valence-electron chi connectivity index (χ3n) is 5.08. The Hall–Kier alpha value is -1.06. The molecule has 4 atom stereocenters. The van der Waals surface area contributed by atoms with Gasteiger partial charge in [-0.3, -0.25) is 4.90 Å². The SMILES string of the molecule is Cc1ccc2c(c1)CC(CN1CC(C)CC(C)C1CN)O2. The molecule has 0 aromatic heterocycles. The summed E-state index contributed by atoms with van der Waals surface area (Å²) in [6.07, 6.45) is 2.62. The Kier molecular flexibility index (Phi) is 4.23. The van der Waals surface area contributed by atoms with Crippen LogP contribution in [0.3, 0.4) is 0 Å². The van der Waals surface area contributed by atoms with E-state index in [2.05, 4.69) is 43.9 Å². The van der Waals surface area contributed by atoms with Gasteiger partial charge in [0.2, 0.25) is 0 Å². The molecule has 1 fully saturated rings. The van der Waals surface area contributed by atoms with E-state index in [1.807, 2.05) is 0 Å². The van der Waals surface area contributed by atoms with Crippen molar-refractivity contribution in [3.8, 4) is 5.75 Å². The van der Waals surface area contributed by atoms with E-state index in [9.17, 15) is 0 Å². The van der Waals surface area contributed by atoms with Crippen LogP contribution >= 0.6 is 0 Å². The summed E-state index contributed by atoms with van der Waals surface area (Å²) in [6, 6.07) is 7.02. The zero-order chi connectivity index (χ0) is 15.0. The van der Waals surface area contributed by atoms with E-state index in [4.69, 9.17) is 10.5 Å². The molecule has 1 saturated heterocycles. The normalized spacial score (nSPS) is 32.8. The van der Waals surface area contributed by atoms with Crippen LogP contribution in [0.15, 0.2) is 18.2 Å². The number of rotatable bonds is 3. The highest BCUT2D eigenvalue weighted by atomic mass is 16.5. The first-order valence-electron chi connectivity index (χ1n) is 8.27. The lowest BCUT2D eigenvalue weighted by Gasteiger charge is -2.43. The van der Waals surface area contributed by atoms with Crippen LogP contribution in [0.25, 0.3) is 0 Å². The molecule has 116 valence electrons. The number of aryl methyl sites for hydroxylation is 1. The van der Waals surface area contributed by atoms with Crippen molar-refractivity contribution < 1.29 is 4.74 Å². The van der Waals surface area contributed by atoms with Crippen molar-refractivity contribution in [1.29, 1.82) is 0 Å². The summed E-state index contributed by atoms with van der Waals surface area (Å²) in [5, 5.41) is 0. The number of piperidine rings is 1. The maximum Gasteiger partial charge on any atom is 0.123 e. The molecule has 2 aliphatic rings. The van der Waals surface area contributed by atoms with Gasteiger partial charge < -0.3 is 10.5 Å². The van der Waals surface area contributed by atoms with E-state index < -0.39 is 0 Å². The fourth-order valence-corrected chi connectivity index (χ4v) is 4.17. The molecule has 4 unspecified atom stereocenters. The third-order valence-corrected chi connectivity index (χ3v) is 5.08. The van der Waals surface area contributed by atoms with E-state index >= 15 is 0 Å². The van der Waals surface area contributed by atoms with E-state index in [0.29, 0.717) is 12.0 Å². The molecular formula is C18H28N2O. The van der Waals surface area contributed by atoms with Crippen molar-refractivity contribution in [3.05, 3.63) is 29.3 Å². The predicted molar refractivity (Wildman–Crippen MR) is 86.7 cm³/mol. The summed E-state index contributed by atoms with van der Waals surface area (Å²) in [7, 11) is 0. The van der Waals surface area contributed by atoms with Crippen molar-refractivity contribution in [1.82, 2.24) is 4.90 Å². The first-order chi connectivity index (χ1) is 10.1. The van der Waals surface area contributed by atoms with Crippen molar-refractivity contribution in [3.63, 3.8) is 0 Å². The lowest BCUT2D eigenvalue weighted by molar-refractivity contribution is 0.0416. The second kappa shape index (κ2) is 5.98. The molecule has 0 spiro atoms. The zero-order valence-corrected chi connectivity index (χ0v) is 13.5. The number of likely N-dealkylation sites (tertiary alicyclic amines) is 1. The highest BCUT2D eigenvalue weighted by molar-refractivity contribution is 5.40. The molecule has 2 N–H and O–H groups in total. The number of benzene rings is 1. The van der Waals surface area contributed by atoms with Gasteiger partial charge in [-0.05, 0) is 36.8 Å². The number of ether oxygens (including phenoxy) is 1. The average Bonchev–Trinajstić information content (AvgIpc) is 2.79. The molecule has 0 saturated carbocycles. The molecule has 21 heavy (non-hydrogen) atoms.